The van der Waals surface area contributed by atoms with Crippen molar-refractivity contribution in [3.05, 3.63) is 28.4 Å². The highest BCUT2D eigenvalue weighted by molar-refractivity contribution is 6.37. The number of hydrogen-bond donors (Lipinski definition) is 1. The molecule has 15 heavy (non-hydrogen) atoms. The van der Waals surface area contributed by atoms with Gasteiger partial charge in [-0.2, -0.15) is 0 Å². The van der Waals surface area contributed by atoms with Crippen molar-refractivity contribution in [1.29, 1.82) is 0 Å². The van der Waals surface area contributed by atoms with Gasteiger partial charge in [0.2, 0.25) is 0 Å². The van der Waals surface area contributed by atoms with Gasteiger partial charge in [0.15, 0.2) is 6.29 Å². The second kappa shape index (κ2) is 3.59. The van der Waals surface area contributed by atoms with Gasteiger partial charge in [-0.3, -0.25) is 4.79 Å². The lowest BCUT2D eigenvalue weighted by Crippen LogP contribution is -1.84. The molecule has 1 aromatic heterocycles. The molecule has 0 atom stereocenters. The Hall–Kier alpha value is -1.48. The Kier molecular flexibility index (Phi) is 2.40. The molecule has 2 rings (SSSR count). The number of H-pyrrole nitrogens is 1. The van der Waals surface area contributed by atoms with Crippen molar-refractivity contribution in [2.45, 2.75) is 6.92 Å². The molecule has 3 nitrogen and oxygen atoms in total. The number of carbonyl (C=O) groups is 1. The smallest absolute Gasteiger partial charge is 0.166 e. The zero-order valence-electron chi connectivity index (χ0n) is 8.43. The van der Waals surface area contributed by atoms with E-state index in [0.29, 0.717) is 16.5 Å². The molecule has 1 heterocycles. The van der Waals surface area contributed by atoms with Gasteiger partial charge in [-0.15, -0.1) is 0 Å². The number of aromatic amines is 1. The van der Waals surface area contributed by atoms with E-state index in [0.717, 1.165) is 22.8 Å². The van der Waals surface area contributed by atoms with Crippen LogP contribution in [0, 0.1) is 6.92 Å². The number of hydrogen-bond acceptors (Lipinski definition) is 2. The highest BCUT2D eigenvalue weighted by atomic mass is 35.5. The molecule has 78 valence electrons. The van der Waals surface area contributed by atoms with Gasteiger partial charge in [0.25, 0.3) is 0 Å². The molecule has 0 aliphatic carbocycles. The van der Waals surface area contributed by atoms with Crippen LogP contribution >= 0.6 is 11.6 Å². The Morgan fingerprint density at radius 3 is 2.80 bits per heavy atom. The summed E-state index contributed by atoms with van der Waals surface area (Å²) in [5.74, 6) is 0.615. The predicted molar refractivity (Wildman–Crippen MR) is 60.0 cm³/mol. The molecule has 0 unspecified atom stereocenters. The van der Waals surface area contributed by atoms with Crippen LogP contribution in [0.3, 0.4) is 0 Å². The van der Waals surface area contributed by atoms with Crippen LogP contribution in [0.2, 0.25) is 5.02 Å². The molecular formula is C11H10ClNO2. The minimum absolute atomic E-state index is 0.539. The number of methoxy groups -OCH3 is 1. The molecule has 0 fully saturated rings. The van der Waals surface area contributed by atoms with Gasteiger partial charge in [0.1, 0.15) is 5.75 Å². The van der Waals surface area contributed by atoms with Gasteiger partial charge >= 0.3 is 0 Å². The minimum Gasteiger partial charge on any atom is -0.495 e. The third-order valence-electron chi connectivity index (χ3n) is 2.49. The number of aromatic nitrogens is 1. The SMILES string of the molecule is COc1ccc2[nH]c(C=O)c(C)c2c1Cl. The zero-order chi connectivity index (χ0) is 11.0. The number of fused-ring (bicyclic) bond motifs is 1. The molecule has 0 spiro atoms. The topological polar surface area (TPSA) is 42.1 Å². The minimum atomic E-state index is 0.539. The molecule has 1 aromatic carbocycles. The maximum Gasteiger partial charge on any atom is 0.166 e. The molecule has 1 N–H and O–H groups in total. The third kappa shape index (κ3) is 1.39. The average molecular weight is 224 g/mol. The van der Waals surface area contributed by atoms with E-state index >= 15 is 0 Å². The monoisotopic (exact) mass is 223 g/mol. The fourth-order valence-corrected chi connectivity index (χ4v) is 2.06. The van der Waals surface area contributed by atoms with Gasteiger partial charge in [-0.1, -0.05) is 11.6 Å². The van der Waals surface area contributed by atoms with Gasteiger partial charge in [0.05, 0.1) is 17.8 Å². The number of benzene rings is 1. The molecule has 2 aromatic rings. The van der Waals surface area contributed by atoms with Crippen molar-refractivity contribution in [2.24, 2.45) is 0 Å². The summed E-state index contributed by atoms with van der Waals surface area (Å²) in [4.78, 5) is 13.8. The molecule has 0 aliphatic heterocycles. The summed E-state index contributed by atoms with van der Waals surface area (Å²) in [7, 11) is 1.57. The summed E-state index contributed by atoms with van der Waals surface area (Å²) in [6.07, 6.45) is 0.790. The summed E-state index contributed by atoms with van der Waals surface area (Å²) >= 11 is 6.16. The van der Waals surface area contributed by atoms with Gasteiger partial charge in [-0.25, -0.2) is 0 Å². The molecule has 4 heteroatoms. The first kappa shape index (κ1) is 10.1. The first-order chi connectivity index (χ1) is 7.19. The number of aldehydes is 1. The van der Waals surface area contributed by atoms with Gasteiger partial charge < -0.3 is 9.72 Å². The van der Waals surface area contributed by atoms with E-state index in [-0.39, 0.29) is 0 Å². The fraction of sp³-hybridized carbons (Fsp3) is 0.182. The average Bonchev–Trinajstić information content (AvgIpc) is 2.57. The summed E-state index contributed by atoms with van der Waals surface area (Å²) in [5, 5.41) is 1.38. The number of aryl methyl sites for hydroxylation is 1. The normalized spacial score (nSPS) is 10.6. The molecule has 0 saturated heterocycles. The van der Waals surface area contributed by atoms with Crippen LogP contribution in [0.1, 0.15) is 16.1 Å². The molecule has 0 radical (unpaired) electrons. The van der Waals surface area contributed by atoms with Crippen LogP contribution in [0.15, 0.2) is 12.1 Å². The summed E-state index contributed by atoms with van der Waals surface area (Å²) in [6, 6.07) is 3.62. The predicted octanol–water partition coefficient (Wildman–Crippen LogP) is 2.95. The van der Waals surface area contributed by atoms with Crippen molar-refractivity contribution in [3.8, 4) is 5.75 Å². The Balaban J connectivity index is 2.85. The van der Waals surface area contributed by atoms with E-state index in [9.17, 15) is 4.79 Å². The van der Waals surface area contributed by atoms with Crippen LogP contribution in [-0.2, 0) is 0 Å². The lowest BCUT2D eigenvalue weighted by molar-refractivity contribution is 0.111. The third-order valence-corrected chi connectivity index (χ3v) is 2.87. The van der Waals surface area contributed by atoms with E-state index in [2.05, 4.69) is 4.98 Å². The first-order valence-electron chi connectivity index (χ1n) is 4.49. The second-order valence-electron chi connectivity index (χ2n) is 3.29. The summed E-state index contributed by atoms with van der Waals surface area (Å²) in [6.45, 7) is 1.86. The standard InChI is InChI=1S/C11H10ClNO2/c1-6-8(5-14)13-7-3-4-9(15-2)11(12)10(6)7/h3-5,13H,1-2H3. The maximum absolute atomic E-state index is 10.8. The van der Waals surface area contributed by atoms with Crippen molar-refractivity contribution in [1.82, 2.24) is 4.98 Å². The number of nitrogens with one attached hydrogen (secondary N) is 1. The largest absolute Gasteiger partial charge is 0.495 e. The fourth-order valence-electron chi connectivity index (χ4n) is 1.68. The number of rotatable bonds is 2. The molecule has 0 bridgehead atoms. The Morgan fingerprint density at radius 2 is 2.20 bits per heavy atom. The van der Waals surface area contributed by atoms with E-state index in [1.54, 1.807) is 13.2 Å². The second-order valence-corrected chi connectivity index (χ2v) is 3.66. The molecular weight excluding hydrogens is 214 g/mol. The summed E-state index contributed by atoms with van der Waals surface area (Å²) in [5.41, 5.74) is 2.25. The lowest BCUT2D eigenvalue weighted by Gasteiger charge is -2.03. The molecule has 0 amide bonds. The zero-order valence-corrected chi connectivity index (χ0v) is 9.18. The van der Waals surface area contributed by atoms with Crippen molar-refractivity contribution in [2.75, 3.05) is 7.11 Å². The van der Waals surface area contributed by atoms with Crippen LogP contribution in [-0.4, -0.2) is 18.4 Å². The van der Waals surface area contributed by atoms with Crippen LogP contribution in [0.4, 0.5) is 0 Å². The van der Waals surface area contributed by atoms with Gasteiger partial charge in [-0.05, 0) is 24.6 Å². The highest BCUT2D eigenvalue weighted by Gasteiger charge is 2.13. The molecule has 0 aliphatic rings. The lowest BCUT2D eigenvalue weighted by atomic mass is 10.1. The van der Waals surface area contributed by atoms with Crippen LogP contribution < -0.4 is 4.74 Å². The quantitative estimate of drug-likeness (QED) is 0.796. The Labute approximate surface area is 92.0 Å². The number of halogens is 1. The number of carbonyl (C=O) groups excluding carboxylic acids is 1. The first-order valence-corrected chi connectivity index (χ1v) is 4.86. The number of ether oxygens (including phenoxy) is 1. The highest BCUT2D eigenvalue weighted by Crippen LogP contribution is 2.35. The van der Waals surface area contributed by atoms with Crippen molar-refractivity contribution in [3.63, 3.8) is 0 Å². The Morgan fingerprint density at radius 1 is 1.47 bits per heavy atom. The van der Waals surface area contributed by atoms with E-state index < -0.39 is 0 Å². The van der Waals surface area contributed by atoms with E-state index in [1.165, 1.54) is 0 Å². The van der Waals surface area contributed by atoms with Crippen molar-refractivity contribution >= 4 is 28.8 Å². The van der Waals surface area contributed by atoms with Crippen LogP contribution in [0.5, 0.6) is 5.75 Å². The molecule has 0 saturated carbocycles. The maximum atomic E-state index is 10.8. The van der Waals surface area contributed by atoms with E-state index in [4.69, 9.17) is 16.3 Å². The van der Waals surface area contributed by atoms with Crippen LogP contribution in [0.25, 0.3) is 10.9 Å². The summed E-state index contributed by atoms with van der Waals surface area (Å²) < 4.78 is 5.12. The van der Waals surface area contributed by atoms with E-state index in [1.807, 2.05) is 13.0 Å². The van der Waals surface area contributed by atoms with Gasteiger partial charge in [0, 0.05) is 10.9 Å². The van der Waals surface area contributed by atoms with Crippen molar-refractivity contribution < 1.29 is 9.53 Å². The Bertz CT molecular complexity index is 531.